The van der Waals surface area contributed by atoms with E-state index < -0.39 is 0 Å². The van der Waals surface area contributed by atoms with Gasteiger partial charge in [-0.25, -0.2) is 9.36 Å². The fourth-order valence-electron chi connectivity index (χ4n) is 12.9. The van der Waals surface area contributed by atoms with Crippen LogP contribution in [0.2, 0.25) is 5.15 Å². The number of hydrogen-bond acceptors (Lipinski definition) is 5. The van der Waals surface area contributed by atoms with E-state index in [4.69, 9.17) is 16.7 Å². The first-order chi connectivity index (χ1) is 27.4. The van der Waals surface area contributed by atoms with Crippen LogP contribution in [0, 0.1) is 47.3 Å². The molecule has 56 heavy (non-hydrogen) atoms. The summed E-state index contributed by atoms with van der Waals surface area (Å²) in [6.45, 7) is 1.99. The average molecular weight is 774 g/mol. The number of benzene rings is 2. The van der Waals surface area contributed by atoms with Crippen molar-refractivity contribution < 1.29 is 9.59 Å². The maximum atomic E-state index is 13.6. The van der Waals surface area contributed by atoms with Crippen molar-refractivity contribution in [3.8, 4) is 11.4 Å². The summed E-state index contributed by atoms with van der Waals surface area (Å²) in [4.78, 5) is 28.9. The monoisotopic (exact) mass is 773 g/mol. The van der Waals surface area contributed by atoms with Gasteiger partial charge in [0.1, 0.15) is 16.5 Å². The number of hydrogen-bond donors (Lipinski definition) is 2. The number of carbonyl (C=O) groups is 2. The zero-order valence-electron chi connectivity index (χ0n) is 32.4. The Hall–Kier alpha value is -4.11. The quantitative estimate of drug-likeness (QED) is 0.196. The van der Waals surface area contributed by atoms with Gasteiger partial charge in [0, 0.05) is 25.2 Å². The maximum absolute atomic E-state index is 13.6. The Bertz CT molecular complexity index is 1960. The molecule has 2 aromatic carbocycles. The Morgan fingerprint density at radius 3 is 1.43 bits per heavy atom. The second-order valence-electron chi connectivity index (χ2n) is 18.5. The summed E-state index contributed by atoms with van der Waals surface area (Å²) in [6, 6.07) is 20.6. The van der Waals surface area contributed by atoms with Gasteiger partial charge < -0.3 is 15.5 Å². The molecule has 0 spiro atoms. The molecule has 10 heteroatoms. The molecule has 9 aliphatic rings. The van der Waals surface area contributed by atoms with Crippen LogP contribution < -0.4 is 15.5 Å². The molecule has 1 saturated heterocycles. The SMILES string of the molecule is O=C(NC1C2CC3CC(C2)CC1C3)c1cnn(-c2ccccc2)c1Cl.O=C(NC1C2CC3CC(C2)CC1C3)c1cnn(-c2ccccc2)c1N1CCCCCC1. The summed E-state index contributed by atoms with van der Waals surface area (Å²) >= 11 is 6.46. The first kappa shape index (κ1) is 36.2. The number of nitrogens with one attached hydrogen (secondary N) is 2. The van der Waals surface area contributed by atoms with E-state index in [2.05, 4.69) is 32.8 Å². The summed E-state index contributed by atoms with van der Waals surface area (Å²) < 4.78 is 3.60. The van der Waals surface area contributed by atoms with Gasteiger partial charge in [-0.05, 0) is 149 Å². The van der Waals surface area contributed by atoms with E-state index in [1.165, 1.54) is 89.9 Å². The fourth-order valence-corrected chi connectivity index (χ4v) is 13.1. The molecular formula is C46H56ClN7O2. The topological polar surface area (TPSA) is 97.1 Å². The van der Waals surface area contributed by atoms with Crippen LogP contribution in [-0.2, 0) is 0 Å². The predicted molar refractivity (Wildman–Crippen MR) is 219 cm³/mol. The molecule has 0 radical (unpaired) electrons. The minimum absolute atomic E-state index is 0.0790. The molecule has 294 valence electrons. The number of rotatable bonds is 7. The van der Waals surface area contributed by atoms with Crippen LogP contribution >= 0.6 is 11.6 Å². The highest BCUT2D eigenvalue weighted by Gasteiger charge is 2.50. The van der Waals surface area contributed by atoms with Crippen LogP contribution in [0.1, 0.15) is 111 Å². The van der Waals surface area contributed by atoms with Crippen molar-refractivity contribution in [1.29, 1.82) is 0 Å². The molecule has 13 rings (SSSR count). The number of anilines is 1. The summed E-state index contributed by atoms with van der Waals surface area (Å²) in [6.07, 6.45) is 21.6. The third-order valence-corrected chi connectivity index (χ3v) is 15.3. The molecule has 8 aliphatic carbocycles. The molecule has 9 fully saturated rings. The second-order valence-corrected chi connectivity index (χ2v) is 18.8. The molecule has 4 aromatic rings. The standard InChI is InChI=1S/C26H34N4O.C20H22ClN3O/c31-25(28-24-20-13-18-12-19(15-20)16-21(24)14-18)23-17-27-30(22-8-4-3-5-9-22)26(23)29-10-6-1-2-7-11-29;21-19-17(11-22-24(19)16-4-2-1-3-5-16)20(25)23-18-14-7-12-6-13(9-14)10-15(18)8-12/h3-5,8-9,17-21,24H,1-2,6-7,10-16H2,(H,28,31);1-5,11-15,18H,6-10H2,(H,23,25). The molecular weight excluding hydrogens is 718 g/mol. The normalized spacial score (nSPS) is 32.4. The largest absolute Gasteiger partial charge is 0.356 e. The highest BCUT2D eigenvalue weighted by Crippen LogP contribution is 2.55. The van der Waals surface area contributed by atoms with Gasteiger partial charge in [0.05, 0.1) is 29.3 Å². The molecule has 9 nitrogen and oxygen atoms in total. The van der Waals surface area contributed by atoms with Crippen LogP contribution in [0.3, 0.4) is 0 Å². The summed E-state index contributed by atoms with van der Waals surface area (Å²) in [5.41, 5.74) is 3.11. The Kier molecular flexibility index (Phi) is 9.92. The van der Waals surface area contributed by atoms with E-state index in [0.717, 1.165) is 59.5 Å². The number of carbonyl (C=O) groups excluding carboxylic acids is 2. The Balaban J connectivity index is 0.000000140. The van der Waals surface area contributed by atoms with Crippen LogP contribution in [0.15, 0.2) is 73.1 Å². The molecule has 3 heterocycles. The van der Waals surface area contributed by atoms with Crippen molar-refractivity contribution in [2.45, 2.75) is 102 Å². The molecule has 2 aromatic heterocycles. The summed E-state index contributed by atoms with van der Waals surface area (Å²) in [7, 11) is 0. The van der Waals surface area contributed by atoms with Gasteiger partial charge in [-0.3, -0.25) is 9.59 Å². The van der Waals surface area contributed by atoms with E-state index in [-0.39, 0.29) is 11.8 Å². The fraction of sp³-hybridized carbons (Fsp3) is 0.565. The van der Waals surface area contributed by atoms with Crippen molar-refractivity contribution in [2.75, 3.05) is 18.0 Å². The third kappa shape index (κ3) is 6.96. The van der Waals surface area contributed by atoms with E-state index in [1.807, 2.05) is 53.2 Å². The molecule has 8 saturated carbocycles. The van der Waals surface area contributed by atoms with E-state index in [1.54, 1.807) is 17.1 Å². The number of amides is 2. The van der Waals surface area contributed by atoms with Crippen molar-refractivity contribution in [3.63, 3.8) is 0 Å². The highest BCUT2D eigenvalue weighted by molar-refractivity contribution is 6.33. The lowest BCUT2D eigenvalue weighted by Crippen LogP contribution is -2.55. The summed E-state index contributed by atoms with van der Waals surface area (Å²) in [5.74, 6) is 7.31. The van der Waals surface area contributed by atoms with E-state index >= 15 is 0 Å². The van der Waals surface area contributed by atoms with Gasteiger partial charge in [-0.15, -0.1) is 0 Å². The minimum Gasteiger partial charge on any atom is -0.356 e. The Morgan fingerprint density at radius 1 is 0.536 bits per heavy atom. The second kappa shape index (κ2) is 15.3. The van der Waals surface area contributed by atoms with Gasteiger partial charge in [0.15, 0.2) is 0 Å². The molecule has 2 amide bonds. The smallest absolute Gasteiger partial charge is 0.256 e. The zero-order valence-corrected chi connectivity index (χ0v) is 33.2. The van der Waals surface area contributed by atoms with Crippen LogP contribution in [0.4, 0.5) is 5.82 Å². The van der Waals surface area contributed by atoms with Gasteiger partial charge in [-0.1, -0.05) is 60.8 Å². The van der Waals surface area contributed by atoms with Crippen molar-refractivity contribution in [3.05, 3.63) is 89.3 Å². The van der Waals surface area contributed by atoms with Gasteiger partial charge in [-0.2, -0.15) is 10.2 Å². The molecule has 0 atom stereocenters. The van der Waals surface area contributed by atoms with Gasteiger partial charge >= 0.3 is 0 Å². The van der Waals surface area contributed by atoms with Crippen molar-refractivity contribution in [2.24, 2.45) is 47.3 Å². The van der Waals surface area contributed by atoms with Crippen LogP contribution in [0.25, 0.3) is 11.4 Å². The predicted octanol–water partition coefficient (Wildman–Crippen LogP) is 8.89. The highest BCUT2D eigenvalue weighted by atomic mass is 35.5. The van der Waals surface area contributed by atoms with Gasteiger partial charge in [0.2, 0.25) is 0 Å². The third-order valence-electron chi connectivity index (χ3n) is 14.9. The van der Waals surface area contributed by atoms with Crippen molar-refractivity contribution >= 4 is 29.2 Å². The number of aromatic nitrogens is 4. The number of para-hydroxylation sites is 2. The first-order valence-electron chi connectivity index (χ1n) is 21.7. The zero-order chi connectivity index (χ0) is 37.8. The summed E-state index contributed by atoms with van der Waals surface area (Å²) in [5, 5.41) is 16.2. The van der Waals surface area contributed by atoms with Crippen LogP contribution in [-0.4, -0.2) is 56.5 Å². The molecule has 2 N–H and O–H groups in total. The number of halogens is 1. The Labute approximate surface area is 335 Å². The lowest BCUT2D eigenvalue weighted by atomic mass is 9.54. The Morgan fingerprint density at radius 2 is 0.946 bits per heavy atom. The van der Waals surface area contributed by atoms with Crippen LogP contribution in [0.5, 0.6) is 0 Å². The van der Waals surface area contributed by atoms with Crippen molar-refractivity contribution in [1.82, 2.24) is 30.2 Å². The molecule has 0 unspecified atom stereocenters. The van der Waals surface area contributed by atoms with Gasteiger partial charge in [0.25, 0.3) is 11.8 Å². The minimum atomic E-state index is -0.0790. The molecule has 1 aliphatic heterocycles. The first-order valence-corrected chi connectivity index (χ1v) is 22.1. The van der Waals surface area contributed by atoms with E-state index in [0.29, 0.717) is 46.5 Å². The van der Waals surface area contributed by atoms with E-state index in [9.17, 15) is 9.59 Å². The average Bonchev–Trinajstić information content (AvgIpc) is 3.72. The lowest BCUT2D eigenvalue weighted by Gasteiger charge is -2.54. The number of nitrogens with zero attached hydrogens (tertiary/aromatic N) is 5. The maximum Gasteiger partial charge on any atom is 0.256 e. The lowest BCUT2D eigenvalue weighted by molar-refractivity contribution is -0.0119. The molecule has 8 bridgehead atoms.